The van der Waals surface area contributed by atoms with Crippen LogP contribution in [-0.4, -0.2) is 46.8 Å². The molecule has 140 valence electrons. The summed E-state index contributed by atoms with van der Waals surface area (Å²) in [5.41, 5.74) is 6.43. The summed E-state index contributed by atoms with van der Waals surface area (Å²) in [6, 6.07) is 10.7. The third-order valence-corrected chi connectivity index (χ3v) is 5.53. The molecule has 2 aromatic rings. The Labute approximate surface area is 162 Å². The molecule has 0 unspecified atom stereocenters. The first-order valence-electron chi connectivity index (χ1n) is 8.73. The lowest BCUT2D eigenvalue weighted by Gasteiger charge is -2.31. The van der Waals surface area contributed by atoms with Crippen LogP contribution in [0.1, 0.15) is 44.0 Å². The van der Waals surface area contributed by atoms with Crippen molar-refractivity contribution >= 4 is 29.4 Å². The van der Waals surface area contributed by atoms with Gasteiger partial charge in [-0.05, 0) is 43.4 Å². The number of benzene rings is 1. The van der Waals surface area contributed by atoms with Crippen molar-refractivity contribution < 1.29 is 14.4 Å². The van der Waals surface area contributed by atoms with Crippen LogP contribution < -0.4 is 5.73 Å². The van der Waals surface area contributed by atoms with Crippen molar-refractivity contribution in [2.45, 2.75) is 17.7 Å². The molecule has 0 bridgehead atoms. The topological polar surface area (TPSA) is 93.4 Å². The average molecular weight is 383 g/mol. The third kappa shape index (κ3) is 4.36. The normalized spacial score (nSPS) is 14.8. The molecular formula is C20H21N3O3S. The summed E-state index contributed by atoms with van der Waals surface area (Å²) in [6.45, 7) is 1.05. The molecule has 7 heteroatoms. The van der Waals surface area contributed by atoms with Crippen molar-refractivity contribution in [2.24, 2.45) is 11.7 Å². The van der Waals surface area contributed by atoms with Crippen LogP contribution in [0.25, 0.3) is 0 Å². The quantitative estimate of drug-likeness (QED) is 0.633. The number of thioether (sulfide) groups is 1. The molecule has 1 aliphatic heterocycles. The van der Waals surface area contributed by atoms with Gasteiger partial charge < -0.3 is 10.6 Å². The lowest BCUT2D eigenvalue weighted by molar-refractivity contribution is 0.0650. The molecule has 0 radical (unpaired) electrons. The third-order valence-electron chi connectivity index (χ3n) is 4.79. The first kappa shape index (κ1) is 19.1. The highest BCUT2D eigenvalue weighted by Gasteiger charge is 2.28. The average Bonchev–Trinajstić information content (AvgIpc) is 2.73. The van der Waals surface area contributed by atoms with Gasteiger partial charge in [-0.15, -0.1) is 11.8 Å². The van der Waals surface area contributed by atoms with Crippen LogP contribution in [0.4, 0.5) is 0 Å². The van der Waals surface area contributed by atoms with Crippen LogP contribution in [0, 0.1) is 5.92 Å². The van der Waals surface area contributed by atoms with E-state index in [1.54, 1.807) is 22.7 Å². The number of carbonyl (C=O) groups is 3. The van der Waals surface area contributed by atoms with Crippen molar-refractivity contribution in [1.82, 2.24) is 9.88 Å². The zero-order valence-corrected chi connectivity index (χ0v) is 15.9. The highest BCUT2D eigenvalue weighted by molar-refractivity contribution is 7.98. The molecule has 0 saturated carbocycles. The largest absolute Gasteiger partial charge is 0.364 e. The van der Waals surface area contributed by atoms with Crippen LogP contribution in [0.15, 0.2) is 47.5 Å². The number of hydrogen-bond acceptors (Lipinski definition) is 5. The van der Waals surface area contributed by atoms with Crippen LogP contribution in [0.3, 0.4) is 0 Å². The molecule has 2 N–H and O–H groups in total. The Morgan fingerprint density at radius 3 is 2.19 bits per heavy atom. The second kappa shape index (κ2) is 8.35. The van der Waals surface area contributed by atoms with E-state index in [2.05, 4.69) is 4.98 Å². The van der Waals surface area contributed by atoms with Gasteiger partial charge in [0.25, 0.3) is 11.8 Å². The summed E-state index contributed by atoms with van der Waals surface area (Å²) in [6.07, 6.45) is 4.65. The summed E-state index contributed by atoms with van der Waals surface area (Å²) in [5.74, 6) is -0.695. The smallest absolute Gasteiger partial charge is 0.267 e. The van der Waals surface area contributed by atoms with Crippen LogP contribution >= 0.6 is 11.8 Å². The van der Waals surface area contributed by atoms with Gasteiger partial charge in [-0.1, -0.05) is 12.1 Å². The number of hydrogen-bond donors (Lipinski definition) is 1. The molecule has 6 nitrogen and oxygen atoms in total. The van der Waals surface area contributed by atoms with E-state index in [9.17, 15) is 14.4 Å². The Morgan fingerprint density at radius 1 is 1.04 bits per heavy atom. The van der Waals surface area contributed by atoms with Gasteiger partial charge >= 0.3 is 0 Å². The molecule has 0 spiro atoms. The van der Waals surface area contributed by atoms with Crippen molar-refractivity contribution in [2.75, 3.05) is 19.3 Å². The predicted molar refractivity (Wildman–Crippen MR) is 104 cm³/mol. The lowest BCUT2D eigenvalue weighted by Crippen LogP contribution is -2.40. The lowest BCUT2D eigenvalue weighted by atomic mass is 9.88. The van der Waals surface area contributed by atoms with Gasteiger partial charge in [0.15, 0.2) is 5.78 Å². The van der Waals surface area contributed by atoms with Crippen molar-refractivity contribution in [3.05, 3.63) is 59.4 Å². The first-order valence-corrected chi connectivity index (χ1v) is 9.95. The monoisotopic (exact) mass is 383 g/mol. The SMILES string of the molecule is CSc1ccc(C(=O)C2CCN(C(=O)c3ccc(C(N)=O)nc3)CC2)cc1. The predicted octanol–water partition coefficient (Wildman–Crippen LogP) is 2.64. The fourth-order valence-electron chi connectivity index (χ4n) is 3.18. The minimum absolute atomic E-state index is 0.0652. The summed E-state index contributed by atoms with van der Waals surface area (Å²) in [7, 11) is 0. The molecule has 1 fully saturated rings. The molecular weight excluding hydrogens is 362 g/mol. The maximum absolute atomic E-state index is 12.7. The van der Waals surface area contributed by atoms with Gasteiger partial charge in [0.05, 0.1) is 5.56 Å². The number of nitrogens with two attached hydrogens (primary N) is 1. The van der Waals surface area contributed by atoms with Gasteiger partial charge in [-0.3, -0.25) is 19.4 Å². The minimum Gasteiger partial charge on any atom is -0.364 e. The molecule has 1 aliphatic rings. The van der Waals surface area contributed by atoms with Gasteiger partial charge in [-0.25, -0.2) is 0 Å². The van der Waals surface area contributed by atoms with E-state index >= 15 is 0 Å². The number of ketones is 1. The molecule has 1 saturated heterocycles. The minimum atomic E-state index is -0.626. The van der Waals surface area contributed by atoms with Gasteiger partial charge in [0, 0.05) is 35.7 Å². The second-order valence-electron chi connectivity index (χ2n) is 6.46. The second-order valence-corrected chi connectivity index (χ2v) is 7.34. The highest BCUT2D eigenvalue weighted by Crippen LogP contribution is 2.24. The standard InChI is InChI=1S/C20H21N3O3S/c1-27-16-5-2-13(3-6-16)18(24)14-8-10-23(11-9-14)20(26)15-4-7-17(19(21)25)22-12-15/h2-7,12,14H,8-11H2,1H3,(H2,21,25). The summed E-state index contributed by atoms with van der Waals surface area (Å²) in [4.78, 5) is 43.1. The van der Waals surface area contributed by atoms with E-state index in [4.69, 9.17) is 5.73 Å². The van der Waals surface area contributed by atoms with Crippen molar-refractivity contribution in [3.8, 4) is 0 Å². The zero-order valence-electron chi connectivity index (χ0n) is 15.1. The molecule has 2 amide bonds. The molecule has 0 atom stereocenters. The summed E-state index contributed by atoms with van der Waals surface area (Å²) < 4.78 is 0. The molecule has 1 aromatic carbocycles. The van der Waals surface area contributed by atoms with Crippen LogP contribution in [0.5, 0.6) is 0 Å². The molecule has 2 heterocycles. The number of carbonyl (C=O) groups excluding carboxylic acids is 3. The van der Waals surface area contributed by atoms with E-state index in [1.165, 1.54) is 12.3 Å². The van der Waals surface area contributed by atoms with E-state index in [-0.39, 0.29) is 23.3 Å². The number of likely N-dealkylation sites (tertiary alicyclic amines) is 1. The molecule has 0 aliphatic carbocycles. The Hall–Kier alpha value is -2.67. The van der Waals surface area contributed by atoms with E-state index in [0.717, 1.165) is 10.5 Å². The summed E-state index contributed by atoms with van der Waals surface area (Å²) >= 11 is 1.64. The number of primary amides is 1. The number of aromatic nitrogens is 1. The van der Waals surface area contributed by atoms with Crippen LogP contribution in [0.2, 0.25) is 0 Å². The highest BCUT2D eigenvalue weighted by atomic mass is 32.2. The number of Topliss-reactive ketones (excluding diaryl/α,β-unsaturated/α-hetero) is 1. The maximum Gasteiger partial charge on any atom is 0.267 e. The first-order chi connectivity index (χ1) is 13.0. The van der Waals surface area contributed by atoms with Gasteiger partial charge in [0.1, 0.15) is 5.69 Å². The Balaban J connectivity index is 1.59. The molecule has 3 rings (SSSR count). The fourth-order valence-corrected chi connectivity index (χ4v) is 3.59. The van der Waals surface area contributed by atoms with Crippen LogP contribution in [-0.2, 0) is 0 Å². The van der Waals surface area contributed by atoms with Crippen molar-refractivity contribution in [3.63, 3.8) is 0 Å². The maximum atomic E-state index is 12.7. The fraction of sp³-hybridized carbons (Fsp3) is 0.300. The Bertz CT molecular complexity index is 842. The number of pyridine rings is 1. The Kier molecular flexibility index (Phi) is 5.91. The molecule has 27 heavy (non-hydrogen) atoms. The molecule has 1 aromatic heterocycles. The van der Waals surface area contributed by atoms with E-state index < -0.39 is 5.91 Å². The van der Waals surface area contributed by atoms with E-state index in [0.29, 0.717) is 31.5 Å². The van der Waals surface area contributed by atoms with Gasteiger partial charge in [0.2, 0.25) is 0 Å². The number of amides is 2. The number of piperidine rings is 1. The van der Waals surface area contributed by atoms with Crippen molar-refractivity contribution in [1.29, 1.82) is 0 Å². The number of rotatable bonds is 5. The van der Waals surface area contributed by atoms with Gasteiger partial charge in [-0.2, -0.15) is 0 Å². The van der Waals surface area contributed by atoms with E-state index in [1.807, 2.05) is 30.5 Å². The summed E-state index contributed by atoms with van der Waals surface area (Å²) in [5, 5.41) is 0. The number of nitrogens with zero attached hydrogens (tertiary/aromatic N) is 2. The zero-order chi connectivity index (χ0) is 19.4. The Morgan fingerprint density at radius 2 is 1.67 bits per heavy atom.